The number of amides is 1. The molecular weight excluding hydrogens is 381 g/mol. The molecular formula is C20H26FN3O3S. The minimum atomic E-state index is -3.49. The van der Waals surface area contributed by atoms with Crippen LogP contribution in [0.4, 0.5) is 10.1 Å². The van der Waals surface area contributed by atoms with E-state index in [9.17, 15) is 17.6 Å². The van der Waals surface area contributed by atoms with Gasteiger partial charge < -0.3 is 10.6 Å². The molecule has 2 rings (SSSR count). The van der Waals surface area contributed by atoms with Gasteiger partial charge >= 0.3 is 0 Å². The zero-order chi connectivity index (χ0) is 20.7. The van der Waals surface area contributed by atoms with Gasteiger partial charge in [0, 0.05) is 24.8 Å². The molecule has 0 saturated carbocycles. The molecule has 1 atom stereocenters. The first-order chi connectivity index (χ1) is 13.3. The Morgan fingerprint density at radius 1 is 1.11 bits per heavy atom. The second kappa shape index (κ2) is 9.77. The first-order valence-electron chi connectivity index (χ1n) is 9.16. The number of anilines is 1. The molecule has 6 nitrogen and oxygen atoms in total. The molecule has 0 aromatic heterocycles. The topological polar surface area (TPSA) is 78.5 Å². The Bertz CT molecular complexity index is 897. The average Bonchev–Trinajstić information content (AvgIpc) is 2.67. The molecule has 28 heavy (non-hydrogen) atoms. The minimum absolute atomic E-state index is 0.0389. The number of nitrogens with zero attached hydrogens (tertiary/aromatic N) is 1. The maximum atomic E-state index is 13.2. The van der Waals surface area contributed by atoms with E-state index in [0.29, 0.717) is 18.8 Å². The number of nitrogens with one attached hydrogen (secondary N) is 2. The van der Waals surface area contributed by atoms with E-state index in [1.807, 2.05) is 6.92 Å². The predicted molar refractivity (Wildman–Crippen MR) is 108 cm³/mol. The monoisotopic (exact) mass is 407 g/mol. The molecule has 0 bridgehead atoms. The summed E-state index contributed by atoms with van der Waals surface area (Å²) in [5.41, 5.74) is 1.25. The predicted octanol–water partition coefficient (Wildman–Crippen LogP) is 3.15. The summed E-state index contributed by atoms with van der Waals surface area (Å²) in [6, 6.07) is 12.1. The van der Waals surface area contributed by atoms with Gasteiger partial charge in [-0.2, -0.15) is 4.31 Å². The van der Waals surface area contributed by atoms with Crippen molar-refractivity contribution in [2.24, 2.45) is 0 Å². The third kappa shape index (κ3) is 5.60. The normalized spacial score (nSPS) is 12.8. The first-order valence-corrected chi connectivity index (χ1v) is 10.6. The molecule has 0 fully saturated rings. The summed E-state index contributed by atoms with van der Waals surface area (Å²) in [5.74, 6) is -0.711. The van der Waals surface area contributed by atoms with Gasteiger partial charge in [0.2, 0.25) is 15.9 Å². The summed E-state index contributed by atoms with van der Waals surface area (Å²) in [6.07, 6.45) is 0. The number of hydrogen-bond acceptors (Lipinski definition) is 4. The minimum Gasteiger partial charge on any atom is -0.325 e. The number of hydrogen-bond donors (Lipinski definition) is 2. The Balaban J connectivity index is 1.95. The van der Waals surface area contributed by atoms with Gasteiger partial charge in [0.05, 0.1) is 11.4 Å². The second-order valence-electron chi connectivity index (χ2n) is 6.32. The van der Waals surface area contributed by atoms with Gasteiger partial charge in [-0.3, -0.25) is 4.79 Å². The molecule has 8 heteroatoms. The van der Waals surface area contributed by atoms with Crippen LogP contribution in [0.3, 0.4) is 0 Å². The van der Waals surface area contributed by atoms with Gasteiger partial charge in [0.25, 0.3) is 0 Å². The highest BCUT2D eigenvalue weighted by molar-refractivity contribution is 7.89. The van der Waals surface area contributed by atoms with Crippen LogP contribution >= 0.6 is 0 Å². The summed E-state index contributed by atoms with van der Waals surface area (Å²) in [4.78, 5) is 12.3. The standard InChI is InChI=1S/C20H26FN3O3S/c1-4-24(5-2)28(26,27)19-11-9-16(10-12-19)15(3)22-14-20(25)23-18-8-6-7-17(21)13-18/h6-13,15,22H,4-5,14H2,1-3H3,(H,23,25)/t15-/m1/s1. The highest BCUT2D eigenvalue weighted by Gasteiger charge is 2.21. The third-order valence-electron chi connectivity index (χ3n) is 4.40. The zero-order valence-electron chi connectivity index (χ0n) is 16.3. The van der Waals surface area contributed by atoms with Crippen LogP contribution in [0.25, 0.3) is 0 Å². The molecule has 0 saturated heterocycles. The molecule has 0 radical (unpaired) electrons. The van der Waals surface area contributed by atoms with Crippen LogP contribution in [-0.2, 0) is 14.8 Å². The Kier molecular flexibility index (Phi) is 7.68. The Hall–Kier alpha value is -2.29. The smallest absolute Gasteiger partial charge is 0.243 e. The summed E-state index contributed by atoms with van der Waals surface area (Å²) >= 11 is 0. The van der Waals surface area contributed by atoms with Crippen LogP contribution in [0.5, 0.6) is 0 Å². The molecule has 2 aromatic carbocycles. The van der Waals surface area contributed by atoms with E-state index < -0.39 is 15.8 Å². The summed E-state index contributed by atoms with van der Waals surface area (Å²) < 4.78 is 39.6. The maximum absolute atomic E-state index is 13.2. The van der Waals surface area contributed by atoms with E-state index in [4.69, 9.17) is 0 Å². The molecule has 1 amide bonds. The van der Waals surface area contributed by atoms with Crippen LogP contribution in [0.15, 0.2) is 53.4 Å². The largest absolute Gasteiger partial charge is 0.325 e. The highest BCUT2D eigenvalue weighted by atomic mass is 32.2. The van der Waals surface area contributed by atoms with Crippen LogP contribution < -0.4 is 10.6 Å². The SMILES string of the molecule is CCN(CC)S(=O)(=O)c1ccc([C@@H](C)NCC(=O)Nc2cccc(F)c2)cc1. The van der Waals surface area contributed by atoms with Crippen LogP contribution in [0.2, 0.25) is 0 Å². The van der Waals surface area contributed by atoms with Gasteiger partial charge in [0.1, 0.15) is 5.82 Å². The Morgan fingerprint density at radius 3 is 2.32 bits per heavy atom. The molecule has 2 aromatic rings. The van der Waals surface area contributed by atoms with Gasteiger partial charge in [0.15, 0.2) is 0 Å². The van der Waals surface area contributed by atoms with Crippen molar-refractivity contribution in [3.8, 4) is 0 Å². The van der Waals surface area contributed by atoms with Crippen molar-refractivity contribution in [2.45, 2.75) is 31.7 Å². The van der Waals surface area contributed by atoms with Gasteiger partial charge in [-0.15, -0.1) is 0 Å². The quantitative estimate of drug-likeness (QED) is 0.669. The number of sulfonamides is 1. The first kappa shape index (κ1) is 22.0. The molecule has 0 aliphatic rings. The fourth-order valence-electron chi connectivity index (χ4n) is 2.78. The van der Waals surface area contributed by atoms with E-state index in [-0.39, 0.29) is 23.4 Å². The van der Waals surface area contributed by atoms with E-state index in [2.05, 4.69) is 10.6 Å². The maximum Gasteiger partial charge on any atom is 0.243 e. The Labute approximate surface area is 165 Å². The number of carbonyl (C=O) groups excluding carboxylic acids is 1. The van der Waals surface area contributed by atoms with Gasteiger partial charge in [-0.1, -0.05) is 32.0 Å². The number of benzene rings is 2. The molecule has 0 spiro atoms. The fourth-order valence-corrected chi connectivity index (χ4v) is 4.23. The van der Waals surface area contributed by atoms with E-state index in [1.165, 1.54) is 22.5 Å². The lowest BCUT2D eigenvalue weighted by molar-refractivity contribution is -0.115. The summed E-state index contributed by atoms with van der Waals surface area (Å²) in [7, 11) is -3.49. The number of carbonyl (C=O) groups is 1. The molecule has 152 valence electrons. The second-order valence-corrected chi connectivity index (χ2v) is 8.26. The van der Waals surface area contributed by atoms with E-state index in [0.717, 1.165) is 5.56 Å². The third-order valence-corrected chi connectivity index (χ3v) is 6.46. The lowest BCUT2D eigenvalue weighted by Crippen LogP contribution is -2.31. The van der Waals surface area contributed by atoms with Crippen molar-refractivity contribution in [1.29, 1.82) is 0 Å². The average molecular weight is 408 g/mol. The zero-order valence-corrected chi connectivity index (χ0v) is 17.1. The van der Waals surface area contributed by atoms with Crippen molar-refractivity contribution in [3.05, 3.63) is 59.9 Å². The molecule has 0 aliphatic carbocycles. The fraction of sp³-hybridized carbons (Fsp3) is 0.350. The van der Waals surface area contributed by atoms with Crippen molar-refractivity contribution >= 4 is 21.6 Å². The van der Waals surface area contributed by atoms with Crippen LogP contribution in [-0.4, -0.2) is 38.3 Å². The van der Waals surface area contributed by atoms with Crippen molar-refractivity contribution in [2.75, 3.05) is 25.0 Å². The van der Waals surface area contributed by atoms with E-state index >= 15 is 0 Å². The Morgan fingerprint density at radius 2 is 1.75 bits per heavy atom. The number of rotatable bonds is 9. The summed E-state index contributed by atoms with van der Waals surface area (Å²) in [5, 5.41) is 5.69. The molecule has 0 aliphatic heterocycles. The highest BCUT2D eigenvalue weighted by Crippen LogP contribution is 2.19. The molecule has 2 N–H and O–H groups in total. The van der Waals surface area contributed by atoms with Crippen molar-refractivity contribution in [3.63, 3.8) is 0 Å². The number of halogens is 1. The summed E-state index contributed by atoms with van der Waals surface area (Å²) in [6.45, 7) is 6.35. The van der Waals surface area contributed by atoms with Crippen LogP contribution in [0, 0.1) is 5.82 Å². The molecule has 0 unspecified atom stereocenters. The van der Waals surface area contributed by atoms with E-state index in [1.54, 1.807) is 44.2 Å². The van der Waals surface area contributed by atoms with Crippen molar-refractivity contribution in [1.82, 2.24) is 9.62 Å². The van der Waals surface area contributed by atoms with Crippen LogP contribution in [0.1, 0.15) is 32.4 Å². The lowest BCUT2D eigenvalue weighted by Gasteiger charge is -2.19. The van der Waals surface area contributed by atoms with Gasteiger partial charge in [-0.05, 0) is 42.8 Å². The van der Waals surface area contributed by atoms with Crippen molar-refractivity contribution < 1.29 is 17.6 Å². The van der Waals surface area contributed by atoms with Gasteiger partial charge in [-0.25, -0.2) is 12.8 Å². The lowest BCUT2D eigenvalue weighted by atomic mass is 10.1. The molecule has 0 heterocycles.